The largest absolute Gasteiger partial charge is 0.513 e. The number of hydrogen-bond acceptors (Lipinski definition) is 1. The van der Waals surface area contributed by atoms with Crippen molar-refractivity contribution < 1.29 is 5.11 Å². The molecule has 1 nitrogen and oxygen atoms in total. The lowest BCUT2D eigenvalue weighted by Crippen LogP contribution is -2.14. The van der Waals surface area contributed by atoms with Crippen molar-refractivity contribution in [2.75, 3.05) is 0 Å². The van der Waals surface area contributed by atoms with E-state index in [1.807, 2.05) is 12.1 Å². The maximum absolute atomic E-state index is 9.36. The van der Waals surface area contributed by atoms with E-state index in [0.29, 0.717) is 17.6 Å². The minimum atomic E-state index is 0.309. The third-order valence-electron chi connectivity index (χ3n) is 3.54. The van der Waals surface area contributed by atoms with Crippen LogP contribution >= 0.6 is 11.6 Å². The Morgan fingerprint density at radius 3 is 2.19 bits per heavy atom. The van der Waals surface area contributed by atoms with Gasteiger partial charge < -0.3 is 5.11 Å². The summed E-state index contributed by atoms with van der Waals surface area (Å²) in [6.45, 7) is 3.63. The van der Waals surface area contributed by atoms with Gasteiger partial charge in [-0.25, -0.2) is 0 Å². The summed E-state index contributed by atoms with van der Waals surface area (Å²) in [5.74, 6) is 1.28. The third kappa shape index (κ3) is 2.59. The van der Waals surface area contributed by atoms with Crippen molar-refractivity contribution in [2.24, 2.45) is 5.92 Å². The molecular weight excluding hydrogens is 220 g/mol. The number of allylic oxidation sites excluding steroid dienone is 1. The normalized spacial score (nSPS) is 25.3. The second kappa shape index (κ2) is 4.92. The van der Waals surface area contributed by atoms with E-state index >= 15 is 0 Å². The standard InChI is InChI=1S/C14H17ClO/c1-10(16)11-2-4-12(5-3-11)13-6-8-14(15)9-7-13/h6-9,11-12,16H,1-5H2. The molecule has 0 unspecified atom stereocenters. The van der Waals surface area contributed by atoms with Crippen LogP contribution in [0.4, 0.5) is 0 Å². The quantitative estimate of drug-likeness (QED) is 0.739. The summed E-state index contributed by atoms with van der Waals surface area (Å²) in [4.78, 5) is 0. The Kier molecular flexibility index (Phi) is 3.55. The topological polar surface area (TPSA) is 20.2 Å². The van der Waals surface area contributed by atoms with Crippen LogP contribution in [0.15, 0.2) is 36.6 Å². The number of aliphatic hydroxyl groups excluding tert-OH is 1. The predicted octanol–water partition coefficient (Wildman–Crippen LogP) is 4.69. The van der Waals surface area contributed by atoms with Gasteiger partial charge in [-0.2, -0.15) is 0 Å². The molecule has 0 aromatic heterocycles. The second-order valence-corrected chi connectivity index (χ2v) is 5.03. The fourth-order valence-corrected chi connectivity index (χ4v) is 2.62. The van der Waals surface area contributed by atoms with E-state index in [4.69, 9.17) is 11.6 Å². The molecule has 0 radical (unpaired) electrons. The highest BCUT2D eigenvalue weighted by Crippen LogP contribution is 2.37. The second-order valence-electron chi connectivity index (χ2n) is 4.59. The Labute approximate surface area is 102 Å². The SMILES string of the molecule is C=C(O)C1CCC(c2ccc(Cl)cc2)CC1. The fourth-order valence-electron chi connectivity index (χ4n) is 2.49. The van der Waals surface area contributed by atoms with Crippen molar-refractivity contribution in [1.82, 2.24) is 0 Å². The molecule has 1 aliphatic carbocycles. The molecule has 0 saturated heterocycles. The number of rotatable bonds is 2. The summed E-state index contributed by atoms with van der Waals surface area (Å²) in [6.07, 6.45) is 4.35. The Balaban J connectivity index is 1.99. The first-order valence-electron chi connectivity index (χ1n) is 5.80. The highest BCUT2D eigenvalue weighted by Gasteiger charge is 2.23. The molecule has 1 saturated carbocycles. The van der Waals surface area contributed by atoms with Crippen LogP contribution in [0.25, 0.3) is 0 Å². The fraction of sp³-hybridized carbons (Fsp3) is 0.429. The number of hydrogen-bond donors (Lipinski definition) is 1. The van der Waals surface area contributed by atoms with Crippen molar-refractivity contribution in [2.45, 2.75) is 31.6 Å². The molecule has 2 rings (SSSR count). The summed E-state index contributed by atoms with van der Waals surface area (Å²) < 4.78 is 0. The van der Waals surface area contributed by atoms with E-state index in [1.54, 1.807) is 0 Å². The van der Waals surface area contributed by atoms with E-state index in [0.717, 1.165) is 30.7 Å². The van der Waals surface area contributed by atoms with Crippen LogP contribution < -0.4 is 0 Å². The van der Waals surface area contributed by atoms with Crippen molar-refractivity contribution in [1.29, 1.82) is 0 Å². The van der Waals surface area contributed by atoms with Crippen molar-refractivity contribution >= 4 is 11.6 Å². The van der Waals surface area contributed by atoms with Crippen molar-refractivity contribution in [3.63, 3.8) is 0 Å². The summed E-state index contributed by atoms with van der Waals surface area (Å²) in [5.41, 5.74) is 1.37. The van der Waals surface area contributed by atoms with E-state index in [9.17, 15) is 5.11 Å². The van der Waals surface area contributed by atoms with Gasteiger partial charge in [-0.1, -0.05) is 30.3 Å². The zero-order chi connectivity index (χ0) is 11.5. The van der Waals surface area contributed by atoms with Gasteiger partial charge in [0.15, 0.2) is 0 Å². The first kappa shape index (κ1) is 11.5. The van der Waals surface area contributed by atoms with Gasteiger partial charge >= 0.3 is 0 Å². The maximum Gasteiger partial charge on any atom is 0.0881 e. The van der Waals surface area contributed by atoms with Crippen LogP contribution in [0, 0.1) is 5.92 Å². The van der Waals surface area contributed by atoms with Crippen LogP contribution in [0.3, 0.4) is 0 Å². The molecule has 0 amide bonds. The molecule has 2 heteroatoms. The lowest BCUT2D eigenvalue weighted by molar-refractivity contribution is 0.264. The molecule has 0 aliphatic heterocycles. The zero-order valence-electron chi connectivity index (χ0n) is 9.32. The molecule has 1 aliphatic rings. The smallest absolute Gasteiger partial charge is 0.0881 e. The van der Waals surface area contributed by atoms with Gasteiger partial charge in [0.25, 0.3) is 0 Å². The number of halogens is 1. The minimum Gasteiger partial charge on any atom is -0.513 e. The highest BCUT2D eigenvalue weighted by molar-refractivity contribution is 6.30. The van der Waals surface area contributed by atoms with Gasteiger partial charge in [0, 0.05) is 10.9 Å². The van der Waals surface area contributed by atoms with Gasteiger partial charge in [0.2, 0.25) is 0 Å². The maximum atomic E-state index is 9.36. The average Bonchev–Trinajstić information content (AvgIpc) is 2.30. The summed E-state index contributed by atoms with van der Waals surface area (Å²) in [6, 6.07) is 8.13. The van der Waals surface area contributed by atoms with E-state index in [2.05, 4.69) is 18.7 Å². The highest BCUT2D eigenvalue weighted by atomic mass is 35.5. The zero-order valence-corrected chi connectivity index (χ0v) is 10.1. The van der Waals surface area contributed by atoms with Gasteiger partial charge in [-0.05, 0) is 49.3 Å². The van der Waals surface area contributed by atoms with Crippen molar-refractivity contribution in [3.8, 4) is 0 Å². The Morgan fingerprint density at radius 1 is 1.12 bits per heavy atom. The number of benzene rings is 1. The monoisotopic (exact) mass is 236 g/mol. The summed E-state index contributed by atoms with van der Waals surface area (Å²) in [5, 5.41) is 10.2. The lowest BCUT2D eigenvalue weighted by atomic mass is 9.78. The molecule has 16 heavy (non-hydrogen) atoms. The Hall–Kier alpha value is -0.950. The molecular formula is C14H17ClO. The van der Waals surface area contributed by atoms with E-state index in [-0.39, 0.29) is 0 Å². The van der Waals surface area contributed by atoms with Crippen LogP contribution in [-0.2, 0) is 0 Å². The predicted molar refractivity (Wildman–Crippen MR) is 67.9 cm³/mol. The van der Waals surface area contributed by atoms with Crippen molar-refractivity contribution in [3.05, 3.63) is 47.2 Å². The third-order valence-corrected chi connectivity index (χ3v) is 3.79. The van der Waals surface area contributed by atoms with Crippen LogP contribution in [0.2, 0.25) is 5.02 Å². The molecule has 0 bridgehead atoms. The van der Waals surface area contributed by atoms with E-state index < -0.39 is 0 Å². The number of aliphatic hydroxyl groups is 1. The summed E-state index contributed by atoms with van der Waals surface area (Å²) >= 11 is 5.87. The molecule has 0 atom stereocenters. The molecule has 1 fully saturated rings. The van der Waals surface area contributed by atoms with Gasteiger partial charge in [0.05, 0.1) is 5.76 Å². The lowest BCUT2D eigenvalue weighted by Gasteiger charge is -2.28. The van der Waals surface area contributed by atoms with Crippen LogP contribution in [0.1, 0.15) is 37.2 Å². The average molecular weight is 237 g/mol. The minimum absolute atomic E-state index is 0.309. The molecule has 1 N–H and O–H groups in total. The molecule has 1 aromatic rings. The first-order valence-corrected chi connectivity index (χ1v) is 6.18. The summed E-state index contributed by atoms with van der Waals surface area (Å²) in [7, 11) is 0. The Bertz CT molecular complexity index is 361. The first-order chi connectivity index (χ1) is 7.66. The van der Waals surface area contributed by atoms with Gasteiger partial charge in [0.1, 0.15) is 0 Å². The molecule has 86 valence electrons. The molecule has 1 aromatic carbocycles. The van der Waals surface area contributed by atoms with E-state index in [1.165, 1.54) is 5.56 Å². The van der Waals surface area contributed by atoms with Gasteiger partial charge in [-0.15, -0.1) is 0 Å². The Morgan fingerprint density at radius 2 is 1.69 bits per heavy atom. The van der Waals surface area contributed by atoms with Gasteiger partial charge in [-0.3, -0.25) is 0 Å². The van der Waals surface area contributed by atoms with Crippen LogP contribution in [-0.4, -0.2) is 5.11 Å². The van der Waals surface area contributed by atoms with Crippen LogP contribution in [0.5, 0.6) is 0 Å². The molecule has 0 spiro atoms. The molecule has 0 heterocycles.